The van der Waals surface area contributed by atoms with Gasteiger partial charge in [0.2, 0.25) is 5.89 Å². The molecule has 0 aliphatic carbocycles. The first-order valence-electron chi connectivity index (χ1n) is 13.7. The van der Waals surface area contributed by atoms with Gasteiger partial charge in [-0.1, -0.05) is 35.3 Å². The number of nitrogens with zero attached hydrogens (tertiary/aromatic N) is 5. The lowest BCUT2D eigenvalue weighted by molar-refractivity contribution is -0.199. The number of aliphatic hydroxyl groups is 1. The molecule has 230 valence electrons. The number of alkyl halides is 2. The number of nitrogens with one attached hydrogen (secondary N) is 1. The van der Waals surface area contributed by atoms with Crippen LogP contribution in [0.5, 0.6) is 5.75 Å². The first kappa shape index (κ1) is 30.2. The summed E-state index contributed by atoms with van der Waals surface area (Å²) in [6, 6.07) is 18.8. The molecule has 0 aliphatic rings. The molecule has 6 aromatic rings. The number of H-pyrrole nitrogens is 1. The lowest BCUT2D eigenvalue weighted by Gasteiger charge is -2.35. The fourth-order valence-corrected chi connectivity index (χ4v) is 4.61. The Kier molecular flexibility index (Phi) is 8.28. The molecule has 3 aromatic heterocycles. The van der Waals surface area contributed by atoms with Crippen molar-refractivity contribution in [2.24, 2.45) is 0 Å². The van der Waals surface area contributed by atoms with Crippen molar-refractivity contribution in [3.8, 4) is 29.0 Å². The average Bonchev–Trinajstić information content (AvgIpc) is 3.79. The fraction of sp³-hybridized carbons (Fsp3) is 0.121. The van der Waals surface area contributed by atoms with E-state index in [4.69, 9.17) is 9.15 Å². The molecule has 0 radical (unpaired) electrons. The van der Waals surface area contributed by atoms with Crippen molar-refractivity contribution in [3.05, 3.63) is 143 Å². The molecule has 3 aromatic carbocycles. The van der Waals surface area contributed by atoms with E-state index in [1.54, 1.807) is 30.5 Å². The van der Waals surface area contributed by atoms with Crippen LogP contribution in [0.2, 0.25) is 0 Å². The number of oxazole rings is 1. The maximum absolute atomic E-state index is 15.9. The van der Waals surface area contributed by atoms with E-state index >= 15 is 8.78 Å². The summed E-state index contributed by atoms with van der Waals surface area (Å²) in [4.78, 5) is 7.94. The zero-order valence-electron chi connectivity index (χ0n) is 23.7. The van der Waals surface area contributed by atoms with Crippen LogP contribution in [-0.2, 0) is 24.6 Å². The molecule has 3 heterocycles. The molecule has 0 fully saturated rings. The Morgan fingerprint density at radius 3 is 2.30 bits per heavy atom. The second-order valence-corrected chi connectivity index (χ2v) is 10.1. The van der Waals surface area contributed by atoms with Gasteiger partial charge >= 0.3 is 5.92 Å². The Morgan fingerprint density at radius 2 is 1.65 bits per heavy atom. The van der Waals surface area contributed by atoms with E-state index in [-0.39, 0.29) is 5.82 Å². The van der Waals surface area contributed by atoms with Gasteiger partial charge in [-0.15, -0.1) is 10.2 Å². The fourth-order valence-electron chi connectivity index (χ4n) is 4.61. The Bertz CT molecular complexity index is 1980. The van der Waals surface area contributed by atoms with E-state index in [0.29, 0.717) is 35.4 Å². The van der Waals surface area contributed by atoms with Gasteiger partial charge in [0.25, 0.3) is 0 Å². The molecule has 1 unspecified atom stereocenters. The molecule has 13 heteroatoms. The van der Waals surface area contributed by atoms with Crippen LogP contribution >= 0.6 is 0 Å². The van der Waals surface area contributed by atoms with Crippen molar-refractivity contribution in [3.63, 3.8) is 0 Å². The highest BCUT2D eigenvalue weighted by molar-refractivity contribution is 5.53. The predicted molar refractivity (Wildman–Crippen MR) is 155 cm³/mol. The third-order valence-electron chi connectivity index (χ3n) is 7.03. The molecule has 0 amide bonds. The summed E-state index contributed by atoms with van der Waals surface area (Å²) >= 11 is 0. The van der Waals surface area contributed by atoms with Crippen LogP contribution in [0.3, 0.4) is 0 Å². The summed E-state index contributed by atoms with van der Waals surface area (Å²) in [6.45, 7) is 0.345. The molecule has 0 saturated heterocycles. The summed E-state index contributed by atoms with van der Waals surface area (Å²) in [5.74, 6) is 0.0784. The number of rotatable bonds is 9. The molecule has 1 atom stereocenters. The van der Waals surface area contributed by atoms with Crippen LogP contribution in [0, 0.1) is 23.5 Å². The maximum Gasteiger partial charge on any atom is 0.322 e. The van der Waals surface area contributed by atoms with E-state index in [1.807, 2.05) is 24.3 Å². The highest BCUT2D eigenvalue weighted by Gasteiger charge is 2.58. The second-order valence-electron chi connectivity index (χ2n) is 10.1. The minimum atomic E-state index is -4.17. The van der Waals surface area contributed by atoms with Crippen molar-refractivity contribution in [1.29, 1.82) is 0 Å². The standard InChI is InChI=1S/C33H22F4N6O3/c34-25-10-13-27(28(35)17-25)32(44,18-30-40-42-43-41-30)33(36,37)29-14-7-22(19-39-29)2-1-21-5-11-26(12-6-21)46-20-23-3-8-24(9-4-23)31-38-15-16-45-31/h3-17,19,44H,18,20H2,(H,40,41,42,43). The molecule has 46 heavy (non-hydrogen) atoms. The molecule has 6 rings (SSSR count). The first-order valence-corrected chi connectivity index (χ1v) is 13.7. The molecule has 2 N–H and O–H groups in total. The number of ether oxygens (including phenoxy) is 1. The SMILES string of the molecule is OC(Cc1nn[nH]n1)(c1ccc(F)cc1F)C(F)(F)c1ccc(C#Cc2ccc(OCc3ccc(-c4ncco4)cc3)cc2)cn1. The largest absolute Gasteiger partial charge is 0.489 e. The lowest BCUT2D eigenvalue weighted by Crippen LogP contribution is -2.46. The Labute approximate surface area is 258 Å². The zero-order valence-corrected chi connectivity index (χ0v) is 23.7. The summed E-state index contributed by atoms with van der Waals surface area (Å²) in [5, 5.41) is 23.9. The normalized spacial score (nSPS) is 12.6. The molecular formula is C33H22F4N6O3. The van der Waals surface area contributed by atoms with Crippen LogP contribution in [-0.4, -0.2) is 35.7 Å². The van der Waals surface area contributed by atoms with E-state index in [9.17, 15) is 13.9 Å². The number of tetrazole rings is 1. The van der Waals surface area contributed by atoms with Gasteiger partial charge in [-0.3, -0.25) is 4.98 Å². The van der Waals surface area contributed by atoms with Crippen molar-refractivity contribution in [2.45, 2.75) is 24.6 Å². The quantitative estimate of drug-likeness (QED) is 0.154. The van der Waals surface area contributed by atoms with Gasteiger partial charge in [-0.05, 0) is 60.2 Å². The number of benzene rings is 3. The van der Waals surface area contributed by atoms with Crippen LogP contribution in [0.15, 0.2) is 102 Å². The lowest BCUT2D eigenvalue weighted by atomic mass is 9.81. The highest BCUT2D eigenvalue weighted by atomic mass is 19.3. The predicted octanol–water partition coefficient (Wildman–Crippen LogP) is 5.73. The number of pyridine rings is 1. The number of aromatic nitrogens is 6. The maximum atomic E-state index is 15.9. The zero-order chi connectivity index (χ0) is 32.1. The van der Waals surface area contributed by atoms with E-state index in [1.165, 1.54) is 12.3 Å². The topological polar surface area (TPSA) is 123 Å². The van der Waals surface area contributed by atoms with E-state index in [0.717, 1.165) is 35.5 Å². The van der Waals surface area contributed by atoms with E-state index < -0.39 is 40.8 Å². The Balaban J connectivity index is 1.14. The molecule has 0 spiro atoms. The van der Waals surface area contributed by atoms with Crippen LogP contribution in [0.1, 0.15) is 33.8 Å². The van der Waals surface area contributed by atoms with Crippen molar-refractivity contribution in [1.82, 2.24) is 30.6 Å². The van der Waals surface area contributed by atoms with Gasteiger partial charge in [0, 0.05) is 34.5 Å². The van der Waals surface area contributed by atoms with Crippen molar-refractivity contribution < 1.29 is 31.8 Å². The van der Waals surface area contributed by atoms with Crippen LogP contribution in [0.4, 0.5) is 17.6 Å². The smallest absolute Gasteiger partial charge is 0.322 e. The molecule has 0 aliphatic heterocycles. The first-order chi connectivity index (χ1) is 22.2. The van der Waals surface area contributed by atoms with Gasteiger partial charge in [0.05, 0.1) is 12.6 Å². The summed E-state index contributed by atoms with van der Waals surface area (Å²) in [7, 11) is 0. The third kappa shape index (κ3) is 6.33. The second kappa shape index (κ2) is 12.6. The number of hydrogen-bond acceptors (Lipinski definition) is 8. The average molecular weight is 627 g/mol. The molecular weight excluding hydrogens is 604 g/mol. The monoisotopic (exact) mass is 626 g/mol. The molecule has 9 nitrogen and oxygen atoms in total. The van der Waals surface area contributed by atoms with Gasteiger partial charge < -0.3 is 14.3 Å². The summed E-state index contributed by atoms with van der Waals surface area (Å²) < 4.78 is 71.2. The molecule has 0 bridgehead atoms. The minimum Gasteiger partial charge on any atom is -0.489 e. The molecule has 0 saturated carbocycles. The van der Waals surface area contributed by atoms with Gasteiger partial charge in [0.1, 0.15) is 35.9 Å². The highest BCUT2D eigenvalue weighted by Crippen LogP contribution is 2.47. The number of hydrogen-bond donors (Lipinski definition) is 2. The van der Waals surface area contributed by atoms with Gasteiger partial charge in [-0.2, -0.15) is 14.0 Å². The van der Waals surface area contributed by atoms with Crippen molar-refractivity contribution >= 4 is 0 Å². The minimum absolute atomic E-state index is 0.308. The van der Waals surface area contributed by atoms with Gasteiger partial charge in [-0.25, -0.2) is 13.8 Å². The van der Waals surface area contributed by atoms with E-state index in [2.05, 4.69) is 42.4 Å². The Hall–Kier alpha value is -5.87. The van der Waals surface area contributed by atoms with Crippen LogP contribution in [0.25, 0.3) is 11.5 Å². The van der Waals surface area contributed by atoms with Crippen LogP contribution < -0.4 is 4.74 Å². The van der Waals surface area contributed by atoms with Crippen molar-refractivity contribution in [2.75, 3.05) is 0 Å². The summed E-state index contributed by atoms with van der Waals surface area (Å²) in [6.07, 6.45) is 3.26. The van der Waals surface area contributed by atoms with Gasteiger partial charge in [0.15, 0.2) is 11.4 Å². The Morgan fingerprint density at radius 1 is 0.891 bits per heavy atom. The number of halogens is 4. The number of aromatic amines is 1. The summed E-state index contributed by atoms with van der Waals surface area (Å²) in [5.41, 5.74) is -2.21. The third-order valence-corrected chi connectivity index (χ3v) is 7.03.